The van der Waals surface area contributed by atoms with Gasteiger partial charge in [0.15, 0.2) is 0 Å². The van der Waals surface area contributed by atoms with Gasteiger partial charge < -0.3 is 10.5 Å². The van der Waals surface area contributed by atoms with Gasteiger partial charge in [-0.25, -0.2) is 0 Å². The first-order valence-corrected chi connectivity index (χ1v) is 5.28. The van der Waals surface area contributed by atoms with E-state index in [9.17, 15) is 13.2 Å². The third-order valence-electron chi connectivity index (χ3n) is 2.69. The molecule has 0 fully saturated rings. The van der Waals surface area contributed by atoms with E-state index in [1.165, 1.54) is 7.11 Å². The Hall–Kier alpha value is -1.23. The number of ether oxygens (including phenoxy) is 1. The fourth-order valence-electron chi connectivity index (χ4n) is 1.68. The summed E-state index contributed by atoms with van der Waals surface area (Å²) in [5.74, 6) is -0.819. The molecular weight excluding hydrogens is 231 g/mol. The van der Waals surface area contributed by atoms with Crippen molar-refractivity contribution in [2.24, 2.45) is 11.7 Å². The SMILES string of the molecule is COc1ccc(CC(CN)C(F)(F)F)cc1C. The summed E-state index contributed by atoms with van der Waals surface area (Å²) in [7, 11) is 1.53. The van der Waals surface area contributed by atoms with E-state index in [1.807, 2.05) is 0 Å². The predicted octanol–water partition coefficient (Wildman–Crippen LogP) is 2.68. The van der Waals surface area contributed by atoms with Crippen LogP contribution in [0.2, 0.25) is 0 Å². The molecule has 0 saturated carbocycles. The summed E-state index contributed by atoms with van der Waals surface area (Å²) in [6, 6.07) is 5.02. The van der Waals surface area contributed by atoms with E-state index in [4.69, 9.17) is 10.5 Å². The van der Waals surface area contributed by atoms with Crippen molar-refractivity contribution in [3.05, 3.63) is 29.3 Å². The zero-order valence-electron chi connectivity index (χ0n) is 9.84. The molecule has 0 bridgehead atoms. The van der Waals surface area contributed by atoms with Gasteiger partial charge in [0, 0.05) is 6.54 Å². The van der Waals surface area contributed by atoms with Gasteiger partial charge in [-0.15, -0.1) is 0 Å². The highest BCUT2D eigenvalue weighted by molar-refractivity contribution is 5.36. The Morgan fingerprint density at radius 2 is 2.00 bits per heavy atom. The minimum absolute atomic E-state index is 0.0924. The molecule has 0 saturated heterocycles. The lowest BCUT2D eigenvalue weighted by molar-refractivity contribution is -0.171. The average molecular weight is 247 g/mol. The van der Waals surface area contributed by atoms with Crippen LogP contribution in [-0.4, -0.2) is 19.8 Å². The number of nitrogens with two attached hydrogens (primary N) is 1. The van der Waals surface area contributed by atoms with Crippen molar-refractivity contribution in [3.63, 3.8) is 0 Å². The summed E-state index contributed by atoms with van der Waals surface area (Å²) in [6.07, 6.45) is -4.34. The maximum atomic E-state index is 12.5. The predicted molar refractivity (Wildman–Crippen MR) is 60.0 cm³/mol. The first-order valence-electron chi connectivity index (χ1n) is 5.28. The van der Waals surface area contributed by atoms with E-state index in [0.29, 0.717) is 11.3 Å². The molecule has 0 radical (unpaired) electrons. The number of alkyl halides is 3. The van der Waals surface area contributed by atoms with Crippen LogP contribution in [0.25, 0.3) is 0 Å². The number of aryl methyl sites for hydroxylation is 1. The fraction of sp³-hybridized carbons (Fsp3) is 0.500. The van der Waals surface area contributed by atoms with Crippen LogP contribution < -0.4 is 10.5 Å². The number of rotatable bonds is 4. The lowest BCUT2D eigenvalue weighted by Crippen LogP contribution is -2.31. The van der Waals surface area contributed by atoms with Crippen LogP contribution in [0, 0.1) is 12.8 Å². The lowest BCUT2D eigenvalue weighted by Gasteiger charge is -2.18. The van der Waals surface area contributed by atoms with Crippen LogP contribution in [0.1, 0.15) is 11.1 Å². The zero-order chi connectivity index (χ0) is 13.1. The van der Waals surface area contributed by atoms with Crippen LogP contribution >= 0.6 is 0 Å². The molecule has 17 heavy (non-hydrogen) atoms. The lowest BCUT2D eigenvalue weighted by atomic mass is 9.97. The summed E-state index contributed by atoms with van der Waals surface area (Å²) in [5, 5.41) is 0. The number of halogens is 3. The minimum Gasteiger partial charge on any atom is -0.496 e. The Kier molecular flexibility index (Phi) is 4.40. The Balaban J connectivity index is 2.84. The second-order valence-corrected chi connectivity index (χ2v) is 3.98. The van der Waals surface area contributed by atoms with Crippen molar-refractivity contribution in [2.45, 2.75) is 19.5 Å². The van der Waals surface area contributed by atoms with Crippen molar-refractivity contribution >= 4 is 0 Å². The fourth-order valence-corrected chi connectivity index (χ4v) is 1.68. The Labute approximate surface area is 98.6 Å². The monoisotopic (exact) mass is 247 g/mol. The van der Waals surface area contributed by atoms with E-state index in [-0.39, 0.29) is 6.42 Å². The van der Waals surface area contributed by atoms with E-state index in [1.54, 1.807) is 25.1 Å². The maximum Gasteiger partial charge on any atom is 0.393 e. The van der Waals surface area contributed by atoms with Crippen molar-refractivity contribution in [1.29, 1.82) is 0 Å². The molecule has 0 amide bonds. The topological polar surface area (TPSA) is 35.2 Å². The van der Waals surface area contributed by atoms with Gasteiger partial charge in [-0.05, 0) is 30.5 Å². The smallest absolute Gasteiger partial charge is 0.393 e. The Morgan fingerprint density at radius 1 is 1.35 bits per heavy atom. The average Bonchev–Trinajstić information content (AvgIpc) is 2.24. The van der Waals surface area contributed by atoms with Crippen LogP contribution in [0.15, 0.2) is 18.2 Å². The van der Waals surface area contributed by atoms with E-state index in [0.717, 1.165) is 5.56 Å². The van der Waals surface area contributed by atoms with Crippen molar-refractivity contribution in [2.75, 3.05) is 13.7 Å². The number of methoxy groups -OCH3 is 1. The van der Waals surface area contributed by atoms with Crippen molar-refractivity contribution in [1.82, 2.24) is 0 Å². The van der Waals surface area contributed by atoms with Gasteiger partial charge >= 0.3 is 6.18 Å². The highest BCUT2D eigenvalue weighted by Crippen LogP contribution is 2.29. The van der Waals surface area contributed by atoms with Gasteiger partial charge in [0.05, 0.1) is 13.0 Å². The maximum absolute atomic E-state index is 12.5. The molecule has 1 aromatic carbocycles. The highest BCUT2D eigenvalue weighted by Gasteiger charge is 2.38. The van der Waals surface area contributed by atoms with Crippen molar-refractivity contribution < 1.29 is 17.9 Å². The summed E-state index contributed by atoms with van der Waals surface area (Å²) in [4.78, 5) is 0. The molecule has 2 nitrogen and oxygen atoms in total. The number of hydrogen-bond donors (Lipinski definition) is 1. The number of benzene rings is 1. The van der Waals surface area contributed by atoms with Crippen LogP contribution in [-0.2, 0) is 6.42 Å². The largest absolute Gasteiger partial charge is 0.496 e. The van der Waals surface area contributed by atoms with Crippen molar-refractivity contribution in [3.8, 4) is 5.75 Å². The van der Waals surface area contributed by atoms with Crippen LogP contribution in [0.4, 0.5) is 13.2 Å². The molecule has 0 spiro atoms. The Morgan fingerprint density at radius 3 is 2.41 bits per heavy atom. The van der Waals surface area contributed by atoms with Crippen LogP contribution in [0.3, 0.4) is 0 Å². The quantitative estimate of drug-likeness (QED) is 0.887. The van der Waals surface area contributed by atoms with Crippen LogP contribution in [0.5, 0.6) is 5.75 Å². The molecule has 0 aliphatic carbocycles. The molecule has 1 unspecified atom stereocenters. The molecule has 5 heteroatoms. The standard InChI is InChI=1S/C12H16F3NO/c1-8-5-9(3-4-11(8)17-2)6-10(7-16)12(13,14)15/h3-5,10H,6-7,16H2,1-2H3. The molecule has 0 aliphatic rings. The normalized spacial score (nSPS) is 13.5. The molecule has 96 valence electrons. The van der Waals surface area contributed by atoms with E-state index in [2.05, 4.69) is 0 Å². The molecule has 0 heterocycles. The third kappa shape index (κ3) is 3.63. The molecule has 1 rings (SSSR count). The van der Waals surface area contributed by atoms with E-state index >= 15 is 0 Å². The summed E-state index contributed by atoms with van der Waals surface area (Å²) >= 11 is 0. The summed E-state index contributed by atoms with van der Waals surface area (Å²) in [6.45, 7) is 1.40. The third-order valence-corrected chi connectivity index (χ3v) is 2.69. The highest BCUT2D eigenvalue weighted by atomic mass is 19.4. The second-order valence-electron chi connectivity index (χ2n) is 3.98. The molecule has 1 aromatic rings. The second kappa shape index (κ2) is 5.40. The van der Waals surface area contributed by atoms with Gasteiger partial charge in [-0.3, -0.25) is 0 Å². The first-order chi connectivity index (χ1) is 7.88. The van der Waals surface area contributed by atoms with Gasteiger partial charge in [-0.2, -0.15) is 13.2 Å². The van der Waals surface area contributed by atoms with E-state index < -0.39 is 18.6 Å². The van der Waals surface area contributed by atoms with Gasteiger partial charge in [0.2, 0.25) is 0 Å². The van der Waals surface area contributed by atoms with Gasteiger partial charge in [-0.1, -0.05) is 12.1 Å². The molecule has 2 N–H and O–H groups in total. The molecule has 0 aliphatic heterocycles. The zero-order valence-corrected chi connectivity index (χ0v) is 9.84. The molecular formula is C12H16F3NO. The molecule has 0 aromatic heterocycles. The van der Waals surface area contributed by atoms with Gasteiger partial charge in [0.25, 0.3) is 0 Å². The number of hydrogen-bond acceptors (Lipinski definition) is 2. The summed E-state index contributed by atoms with van der Waals surface area (Å²) in [5.41, 5.74) is 6.60. The Bertz CT molecular complexity index is 377. The molecule has 1 atom stereocenters. The van der Waals surface area contributed by atoms with Gasteiger partial charge in [0.1, 0.15) is 5.75 Å². The minimum atomic E-state index is -4.25. The summed E-state index contributed by atoms with van der Waals surface area (Å²) < 4.78 is 42.7. The first kappa shape index (κ1) is 13.8.